The van der Waals surface area contributed by atoms with Crippen molar-refractivity contribution in [2.45, 2.75) is 72.4 Å². The Balaban J connectivity index is 1.42. The highest BCUT2D eigenvalue weighted by molar-refractivity contribution is 7.09. The number of likely N-dealkylation sites (tertiary alicyclic amines) is 1. The lowest BCUT2D eigenvalue weighted by Gasteiger charge is -2.39. The molecule has 2 atom stereocenters. The molecule has 3 amide bonds. The van der Waals surface area contributed by atoms with Crippen LogP contribution in [0, 0.1) is 10.8 Å². The van der Waals surface area contributed by atoms with E-state index >= 15 is 0 Å². The minimum atomic E-state index is -0.212. The summed E-state index contributed by atoms with van der Waals surface area (Å²) in [5.41, 5.74) is 2.90. The molecule has 7 nitrogen and oxygen atoms in total. The number of urea groups is 1. The molecule has 4 rings (SSSR count). The standard InChI is InChI=1S/C28H40N4O3S/c1-19(2)20-7-9-21(10-8-20)29-26(34)31(11-12-35-6)15-24-30-23(16-36-24)25(33)32-18-28(5)14-22(32)13-27(3,4)17-28/h7-10,16,19,22H,11-15,17-18H2,1-6H3,(H,29,34). The molecule has 2 aliphatic rings. The summed E-state index contributed by atoms with van der Waals surface area (Å²) in [6.07, 6.45) is 3.25. The number of nitrogens with one attached hydrogen (secondary N) is 1. The maximum atomic E-state index is 13.4. The number of fused-ring (bicyclic) bond motifs is 2. The fourth-order valence-corrected chi connectivity index (χ4v) is 6.88. The number of carbonyl (C=O) groups excluding carboxylic acids is 2. The smallest absolute Gasteiger partial charge is 0.322 e. The van der Waals surface area contributed by atoms with Crippen LogP contribution in [0.15, 0.2) is 29.6 Å². The molecule has 1 aliphatic heterocycles. The van der Waals surface area contributed by atoms with Gasteiger partial charge in [0.25, 0.3) is 5.91 Å². The number of benzene rings is 1. The van der Waals surface area contributed by atoms with Crippen molar-refractivity contribution in [3.8, 4) is 0 Å². The maximum Gasteiger partial charge on any atom is 0.322 e. The van der Waals surface area contributed by atoms with Gasteiger partial charge in [-0.15, -0.1) is 11.3 Å². The highest BCUT2D eigenvalue weighted by Crippen LogP contribution is 2.52. The molecule has 36 heavy (non-hydrogen) atoms. The average Bonchev–Trinajstić information content (AvgIpc) is 3.37. The Hall–Kier alpha value is -2.45. The lowest BCUT2D eigenvalue weighted by atomic mass is 9.65. The van der Waals surface area contributed by atoms with Gasteiger partial charge in [0.2, 0.25) is 0 Å². The van der Waals surface area contributed by atoms with Crippen LogP contribution in [-0.2, 0) is 11.3 Å². The second-order valence-electron chi connectivity index (χ2n) is 11.9. The van der Waals surface area contributed by atoms with Crippen LogP contribution >= 0.6 is 11.3 Å². The molecule has 1 saturated heterocycles. The van der Waals surface area contributed by atoms with Crippen molar-refractivity contribution in [2.75, 3.05) is 32.1 Å². The zero-order valence-corrected chi connectivity index (χ0v) is 23.3. The van der Waals surface area contributed by atoms with Crippen LogP contribution in [0.2, 0.25) is 0 Å². The third kappa shape index (κ3) is 6.09. The molecule has 2 bridgehead atoms. The number of hydrogen-bond donors (Lipinski definition) is 1. The summed E-state index contributed by atoms with van der Waals surface area (Å²) in [5, 5.41) is 5.56. The van der Waals surface area contributed by atoms with Crippen LogP contribution < -0.4 is 5.32 Å². The summed E-state index contributed by atoms with van der Waals surface area (Å²) >= 11 is 1.43. The Bertz CT molecular complexity index is 1080. The number of ether oxygens (including phenoxy) is 1. The Labute approximate surface area is 219 Å². The average molecular weight is 513 g/mol. The van der Waals surface area contributed by atoms with Gasteiger partial charge in [0.05, 0.1) is 13.2 Å². The van der Waals surface area contributed by atoms with Gasteiger partial charge < -0.3 is 19.9 Å². The number of rotatable bonds is 8. The van der Waals surface area contributed by atoms with E-state index in [9.17, 15) is 9.59 Å². The first-order valence-corrected chi connectivity index (χ1v) is 13.8. The van der Waals surface area contributed by atoms with Gasteiger partial charge in [-0.25, -0.2) is 9.78 Å². The quantitative estimate of drug-likeness (QED) is 0.472. The molecular formula is C28H40N4O3S. The van der Waals surface area contributed by atoms with Crippen LogP contribution in [0.1, 0.15) is 80.9 Å². The van der Waals surface area contributed by atoms with E-state index in [0.717, 1.165) is 36.5 Å². The summed E-state index contributed by atoms with van der Waals surface area (Å²) < 4.78 is 5.23. The topological polar surface area (TPSA) is 74.8 Å². The van der Waals surface area contributed by atoms with Crippen molar-refractivity contribution in [3.05, 3.63) is 45.9 Å². The molecule has 2 aromatic rings. The molecule has 1 aromatic heterocycles. The second kappa shape index (κ2) is 10.5. The van der Waals surface area contributed by atoms with Crippen LogP contribution in [0.25, 0.3) is 0 Å². The lowest BCUT2D eigenvalue weighted by molar-refractivity contribution is 0.0703. The van der Waals surface area contributed by atoms with Gasteiger partial charge in [-0.2, -0.15) is 0 Å². The highest BCUT2D eigenvalue weighted by atomic mass is 32.1. The summed E-state index contributed by atoms with van der Waals surface area (Å²) in [4.78, 5) is 34.9. The number of amides is 3. The van der Waals surface area contributed by atoms with E-state index in [1.165, 1.54) is 16.9 Å². The van der Waals surface area contributed by atoms with E-state index < -0.39 is 0 Å². The SMILES string of the molecule is COCCN(Cc1nc(C(=O)N2CC3(C)CC2CC(C)(C)C3)cs1)C(=O)Nc1ccc(C(C)C)cc1. The Kier molecular flexibility index (Phi) is 7.76. The molecule has 196 valence electrons. The minimum Gasteiger partial charge on any atom is -0.383 e. The first-order chi connectivity index (χ1) is 17.0. The molecule has 2 unspecified atom stereocenters. The van der Waals surface area contributed by atoms with Crippen molar-refractivity contribution in [1.82, 2.24) is 14.8 Å². The largest absolute Gasteiger partial charge is 0.383 e. The van der Waals surface area contributed by atoms with Crippen LogP contribution in [0.3, 0.4) is 0 Å². The summed E-state index contributed by atoms with van der Waals surface area (Å²) in [7, 11) is 1.62. The van der Waals surface area contributed by atoms with Gasteiger partial charge in [0.15, 0.2) is 0 Å². The molecule has 1 saturated carbocycles. The predicted octanol–water partition coefficient (Wildman–Crippen LogP) is 5.99. The van der Waals surface area contributed by atoms with E-state index in [1.54, 1.807) is 12.0 Å². The fraction of sp³-hybridized carbons (Fsp3) is 0.607. The molecule has 2 fully saturated rings. The van der Waals surface area contributed by atoms with Gasteiger partial charge in [-0.1, -0.05) is 46.8 Å². The van der Waals surface area contributed by atoms with E-state index in [0.29, 0.717) is 31.3 Å². The first kappa shape index (κ1) is 26.6. The molecule has 1 aliphatic carbocycles. The normalized spacial score (nSPS) is 22.6. The first-order valence-electron chi connectivity index (χ1n) is 12.9. The third-order valence-electron chi connectivity index (χ3n) is 7.45. The Morgan fingerprint density at radius 2 is 1.94 bits per heavy atom. The number of methoxy groups -OCH3 is 1. The van der Waals surface area contributed by atoms with Crippen molar-refractivity contribution >= 4 is 29.0 Å². The third-order valence-corrected chi connectivity index (χ3v) is 8.29. The highest BCUT2D eigenvalue weighted by Gasteiger charge is 2.51. The molecule has 1 N–H and O–H groups in total. The summed E-state index contributed by atoms with van der Waals surface area (Å²) in [5.74, 6) is 0.450. The van der Waals surface area contributed by atoms with Gasteiger partial charge in [-0.3, -0.25) is 4.79 Å². The fourth-order valence-electron chi connectivity index (χ4n) is 6.10. The number of thiazole rings is 1. The van der Waals surface area contributed by atoms with Gasteiger partial charge in [0.1, 0.15) is 10.7 Å². The summed E-state index contributed by atoms with van der Waals surface area (Å²) in [6.45, 7) is 13.2. The van der Waals surface area contributed by atoms with Crippen molar-refractivity contribution in [2.24, 2.45) is 10.8 Å². The van der Waals surface area contributed by atoms with E-state index in [1.807, 2.05) is 34.5 Å². The van der Waals surface area contributed by atoms with Crippen LogP contribution in [0.4, 0.5) is 10.5 Å². The molecule has 0 spiro atoms. The number of nitrogens with zero attached hydrogens (tertiary/aromatic N) is 3. The number of hydrogen-bond acceptors (Lipinski definition) is 5. The van der Waals surface area contributed by atoms with E-state index in [2.05, 4.69) is 44.9 Å². The predicted molar refractivity (Wildman–Crippen MR) is 145 cm³/mol. The molecule has 8 heteroatoms. The van der Waals surface area contributed by atoms with E-state index in [-0.39, 0.29) is 28.8 Å². The van der Waals surface area contributed by atoms with Crippen LogP contribution in [0.5, 0.6) is 0 Å². The zero-order chi connectivity index (χ0) is 26.1. The Morgan fingerprint density at radius 1 is 1.22 bits per heavy atom. The molecular weight excluding hydrogens is 472 g/mol. The van der Waals surface area contributed by atoms with Gasteiger partial charge in [0, 0.05) is 37.3 Å². The summed E-state index contributed by atoms with van der Waals surface area (Å²) in [6, 6.07) is 7.99. The lowest BCUT2D eigenvalue weighted by Crippen LogP contribution is -2.38. The molecule has 2 heterocycles. The molecule has 1 aromatic carbocycles. The maximum absolute atomic E-state index is 13.4. The van der Waals surface area contributed by atoms with Crippen molar-refractivity contribution in [3.63, 3.8) is 0 Å². The minimum absolute atomic E-state index is 0.0158. The van der Waals surface area contributed by atoms with Gasteiger partial charge >= 0.3 is 6.03 Å². The monoisotopic (exact) mass is 512 g/mol. The second-order valence-corrected chi connectivity index (χ2v) is 12.8. The van der Waals surface area contributed by atoms with Crippen molar-refractivity contribution in [1.29, 1.82) is 0 Å². The Morgan fingerprint density at radius 3 is 2.61 bits per heavy atom. The number of anilines is 1. The number of aromatic nitrogens is 1. The number of carbonyl (C=O) groups is 2. The van der Waals surface area contributed by atoms with Gasteiger partial charge in [-0.05, 0) is 53.7 Å². The zero-order valence-electron chi connectivity index (χ0n) is 22.5. The van der Waals surface area contributed by atoms with E-state index in [4.69, 9.17) is 4.74 Å². The van der Waals surface area contributed by atoms with Crippen molar-refractivity contribution < 1.29 is 14.3 Å². The molecule has 0 radical (unpaired) electrons. The van der Waals surface area contributed by atoms with Crippen LogP contribution in [-0.4, -0.2) is 59.6 Å².